The molecule has 0 fully saturated rings. The minimum Gasteiger partial charge on any atom is -0.496 e. The van der Waals surface area contributed by atoms with Crippen molar-refractivity contribution in [2.45, 2.75) is 13.8 Å². The third kappa shape index (κ3) is 2.27. The minimum atomic E-state index is -1.09. The monoisotopic (exact) mass is 258 g/mol. The van der Waals surface area contributed by atoms with E-state index < -0.39 is 5.97 Å². The highest BCUT2D eigenvalue weighted by molar-refractivity contribution is 5.93. The number of aromatic carboxylic acids is 1. The molecule has 2 rings (SSSR count). The van der Waals surface area contributed by atoms with Gasteiger partial charge in [0.15, 0.2) is 5.69 Å². The molecular weight excluding hydrogens is 244 g/mol. The van der Waals surface area contributed by atoms with Gasteiger partial charge in [0.05, 0.1) is 7.11 Å². The predicted octanol–water partition coefficient (Wildman–Crippen LogP) is 2.47. The zero-order valence-electron chi connectivity index (χ0n) is 11.0. The second kappa shape index (κ2) is 5.06. The molecule has 1 heterocycles. The summed E-state index contributed by atoms with van der Waals surface area (Å²) in [5, 5.41) is 9.16. The Kier molecular flexibility index (Phi) is 3.46. The first-order valence-electron chi connectivity index (χ1n) is 5.75. The molecule has 1 aromatic heterocycles. The molecule has 0 aliphatic carbocycles. The predicted molar refractivity (Wildman–Crippen MR) is 70.5 cm³/mol. The molecule has 5 heteroatoms. The molecule has 1 aromatic carbocycles. The number of carboxylic acids is 1. The molecule has 0 unspecified atom stereocenters. The Labute approximate surface area is 110 Å². The molecule has 0 saturated heterocycles. The average molecular weight is 258 g/mol. The lowest BCUT2D eigenvalue weighted by Crippen LogP contribution is -2.05. The van der Waals surface area contributed by atoms with Crippen molar-refractivity contribution in [3.8, 4) is 17.0 Å². The van der Waals surface area contributed by atoms with Gasteiger partial charge < -0.3 is 9.84 Å². The molecular formula is C14H14N2O3. The zero-order valence-corrected chi connectivity index (χ0v) is 11.0. The van der Waals surface area contributed by atoms with E-state index in [0.717, 1.165) is 22.4 Å². The lowest BCUT2D eigenvalue weighted by Gasteiger charge is -2.13. The molecule has 19 heavy (non-hydrogen) atoms. The van der Waals surface area contributed by atoms with Crippen LogP contribution in [0, 0.1) is 13.8 Å². The molecule has 0 radical (unpaired) electrons. The van der Waals surface area contributed by atoms with Gasteiger partial charge in [-0.25, -0.2) is 9.78 Å². The van der Waals surface area contributed by atoms with Gasteiger partial charge in [-0.1, -0.05) is 0 Å². The van der Waals surface area contributed by atoms with Crippen molar-refractivity contribution in [2.24, 2.45) is 0 Å². The third-order valence-electron chi connectivity index (χ3n) is 3.11. The van der Waals surface area contributed by atoms with Crippen LogP contribution in [0.2, 0.25) is 0 Å². The van der Waals surface area contributed by atoms with Crippen molar-refractivity contribution in [1.82, 2.24) is 9.97 Å². The number of hydrogen-bond acceptors (Lipinski definition) is 4. The number of hydrogen-bond donors (Lipinski definition) is 1. The second-order valence-corrected chi connectivity index (χ2v) is 4.12. The summed E-state index contributed by atoms with van der Waals surface area (Å²) in [6.07, 6.45) is 2.86. The molecule has 0 spiro atoms. The molecule has 0 saturated carbocycles. The maximum absolute atomic E-state index is 11.2. The van der Waals surface area contributed by atoms with Crippen LogP contribution < -0.4 is 4.74 Å². The van der Waals surface area contributed by atoms with Gasteiger partial charge in [0, 0.05) is 18.0 Å². The number of nitrogens with zero attached hydrogens (tertiary/aromatic N) is 2. The third-order valence-corrected chi connectivity index (χ3v) is 3.11. The lowest BCUT2D eigenvalue weighted by atomic mass is 9.98. The minimum absolute atomic E-state index is 0.0461. The summed E-state index contributed by atoms with van der Waals surface area (Å²) in [7, 11) is 1.60. The quantitative estimate of drug-likeness (QED) is 0.915. The number of ether oxygens (including phenoxy) is 1. The topological polar surface area (TPSA) is 72.3 Å². The highest BCUT2D eigenvalue weighted by Crippen LogP contribution is 2.31. The Morgan fingerprint density at radius 1 is 1.16 bits per heavy atom. The summed E-state index contributed by atoms with van der Waals surface area (Å²) in [6.45, 7) is 3.84. The fourth-order valence-electron chi connectivity index (χ4n) is 1.97. The highest BCUT2D eigenvalue weighted by atomic mass is 16.5. The van der Waals surface area contributed by atoms with Gasteiger partial charge in [-0.15, -0.1) is 0 Å². The summed E-state index contributed by atoms with van der Waals surface area (Å²) >= 11 is 0. The van der Waals surface area contributed by atoms with E-state index in [2.05, 4.69) is 9.97 Å². The number of methoxy groups -OCH3 is 1. The van der Waals surface area contributed by atoms with Gasteiger partial charge in [-0.05, 0) is 37.1 Å². The second-order valence-electron chi connectivity index (χ2n) is 4.12. The van der Waals surface area contributed by atoms with Gasteiger partial charge in [0.25, 0.3) is 0 Å². The Balaban J connectivity index is 2.67. The van der Waals surface area contributed by atoms with Gasteiger partial charge in [-0.3, -0.25) is 4.98 Å². The van der Waals surface area contributed by atoms with Gasteiger partial charge >= 0.3 is 5.97 Å². The van der Waals surface area contributed by atoms with Crippen molar-refractivity contribution in [3.05, 3.63) is 41.3 Å². The fraction of sp³-hybridized carbons (Fsp3) is 0.214. The van der Waals surface area contributed by atoms with Crippen LogP contribution in [0.1, 0.15) is 21.6 Å². The average Bonchev–Trinajstić information content (AvgIpc) is 2.42. The Morgan fingerprint density at radius 2 is 1.84 bits per heavy atom. The smallest absolute Gasteiger partial charge is 0.356 e. The maximum atomic E-state index is 11.2. The molecule has 0 atom stereocenters. The molecule has 98 valence electrons. The molecule has 5 nitrogen and oxygen atoms in total. The summed E-state index contributed by atoms with van der Waals surface area (Å²) < 4.78 is 5.24. The van der Waals surface area contributed by atoms with Crippen LogP contribution in [0.3, 0.4) is 0 Å². The highest BCUT2D eigenvalue weighted by Gasteiger charge is 2.17. The molecule has 0 amide bonds. The van der Waals surface area contributed by atoms with Gasteiger partial charge in [0.2, 0.25) is 0 Å². The summed E-state index contributed by atoms with van der Waals surface area (Å²) in [4.78, 5) is 19.2. The first kappa shape index (κ1) is 13.0. The van der Waals surface area contributed by atoms with Crippen LogP contribution in [0.4, 0.5) is 0 Å². The van der Waals surface area contributed by atoms with Crippen molar-refractivity contribution in [1.29, 1.82) is 0 Å². The van der Waals surface area contributed by atoms with E-state index in [1.165, 1.54) is 12.4 Å². The van der Waals surface area contributed by atoms with E-state index in [-0.39, 0.29) is 5.69 Å². The largest absolute Gasteiger partial charge is 0.496 e. The van der Waals surface area contributed by atoms with E-state index in [1.54, 1.807) is 19.2 Å². The fourth-order valence-corrected chi connectivity index (χ4v) is 1.97. The van der Waals surface area contributed by atoms with Gasteiger partial charge in [0.1, 0.15) is 11.4 Å². The molecule has 2 aromatic rings. The van der Waals surface area contributed by atoms with Crippen LogP contribution in [0.15, 0.2) is 24.5 Å². The van der Waals surface area contributed by atoms with Gasteiger partial charge in [-0.2, -0.15) is 0 Å². The van der Waals surface area contributed by atoms with Crippen molar-refractivity contribution < 1.29 is 14.6 Å². The van der Waals surface area contributed by atoms with E-state index in [9.17, 15) is 4.79 Å². The van der Waals surface area contributed by atoms with E-state index in [0.29, 0.717) is 5.69 Å². The Hall–Kier alpha value is -2.43. The van der Waals surface area contributed by atoms with E-state index >= 15 is 0 Å². The van der Waals surface area contributed by atoms with Crippen molar-refractivity contribution in [3.63, 3.8) is 0 Å². The number of benzene rings is 1. The zero-order chi connectivity index (χ0) is 14.0. The van der Waals surface area contributed by atoms with Crippen LogP contribution in [0.5, 0.6) is 5.75 Å². The number of rotatable bonds is 3. The van der Waals surface area contributed by atoms with Crippen molar-refractivity contribution >= 4 is 5.97 Å². The number of aromatic nitrogens is 2. The molecule has 0 aliphatic heterocycles. The first-order chi connectivity index (χ1) is 9.06. The molecule has 0 bridgehead atoms. The standard InChI is InChI=1S/C14H14N2O3/c1-8-9(2)11(19-3)5-4-10(8)12-13(14(17)18)16-7-6-15-12/h4-7H,1-3H3,(H,17,18). The van der Waals surface area contributed by atoms with Crippen LogP contribution in [-0.2, 0) is 0 Å². The maximum Gasteiger partial charge on any atom is 0.356 e. The van der Waals surface area contributed by atoms with E-state index in [4.69, 9.17) is 9.84 Å². The van der Waals surface area contributed by atoms with Crippen LogP contribution in [-0.4, -0.2) is 28.2 Å². The first-order valence-corrected chi connectivity index (χ1v) is 5.75. The Morgan fingerprint density at radius 3 is 2.47 bits per heavy atom. The summed E-state index contributed by atoms with van der Waals surface area (Å²) in [5.74, 6) is -0.321. The number of carbonyl (C=O) groups is 1. The summed E-state index contributed by atoms with van der Waals surface area (Å²) in [5.41, 5.74) is 2.97. The molecule has 0 aliphatic rings. The number of carboxylic acid groups (broad SMARTS) is 1. The van der Waals surface area contributed by atoms with Crippen LogP contribution >= 0.6 is 0 Å². The Bertz CT molecular complexity index is 639. The summed E-state index contributed by atoms with van der Waals surface area (Å²) in [6, 6.07) is 3.61. The SMILES string of the molecule is COc1ccc(-c2nccnc2C(=O)O)c(C)c1C. The van der Waals surface area contributed by atoms with Crippen LogP contribution in [0.25, 0.3) is 11.3 Å². The molecule has 1 N–H and O–H groups in total. The van der Waals surface area contributed by atoms with Crippen molar-refractivity contribution in [2.75, 3.05) is 7.11 Å². The lowest BCUT2D eigenvalue weighted by molar-refractivity contribution is 0.0691. The normalized spacial score (nSPS) is 10.3. The van der Waals surface area contributed by atoms with E-state index in [1.807, 2.05) is 13.8 Å².